The minimum absolute atomic E-state index is 0.146. The number of rotatable bonds is 7. The highest BCUT2D eigenvalue weighted by Crippen LogP contribution is 2.27. The molecule has 1 fully saturated rings. The van der Waals surface area contributed by atoms with E-state index in [0.29, 0.717) is 25.3 Å². The topological polar surface area (TPSA) is 106 Å². The summed E-state index contributed by atoms with van der Waals surface area (Å²) in [4.78, 5) is 40.0. The lowest BCUT2D eigenvalue weighted by Gasteiger charge is -2.41. The molecular formula is C21H33N5O4. The summed E-state index contributed by atoms with van der Waals surface area (Å²) in [5.74, 6) is -0.823. The van der Waals surface area contributed by atoms with Crippen LogP contribution in [-0.4, -0.2) is 71.3 Å². The fourth-order valence-corrected chi connectivity index (χ4v) is 4.11. The van der Waals surface area contributed by atoms with Gasteiger partial charge in [0.1, 0.15) is 11.2 Å². The van der Waals surface area contributed by atoms with Crippen molar-refractivity contribution in [2.24, 2.45) is 0 Å². The Morgan fingerprint density at radius 1 is 1.27 bits per heavy atom. The van der Waals surface area contributed by atoms with Gasteiger partial charge in [0.2, 0.25) is 5.91 Å². The molecule has 0 spiro atoms. The predicted molar refractivity (Wildman–Crippen MR) is 111 cm³/mol. The fourth-order valence-electron chi connectivity index (χ4n) is 4.11. The van der Waals surface area contributed by atoms with Crippen molar-refractivity contribution in [3.05, 3.63) is 17.5 Å². The minimum Gasteiger partial charge on any atom is -0.385 e. The molecule has 30 heavy (non-hydrogen) atoms. The van der Waals surface area contributed by atoms with Crippen molar-refractivity contribution in [3.8, 4) is 0 Å². The fraction of sp³-hybridized carbons (Fsp3) is 0.714. The summed E-state index contributed by atoms with van der Waals surface area (Å²) < 4.78 is 6.45. The second-order valence-electron chi connectivity index (χ2n) is 8.47. The molecule has 0 saturated heterocycles. The van der Waals surface area contributed by atoms with Crippen LogP contribution >= 0.6 is 0 Å². The number of nitrogens with zero attached hydrogens (tertiary/aromatic N) is 3. The lowest BCUT2D eigenvalue weighted by Crippen LogP contribution is -2.63. The predicted octanol–water partition coefficient (Wildman–Crippen LogP) is 1.33. The first-order valence-electron chi connectivity index (χ1n) is 10.8. The number of carbonyl (C=O) groups is 3. The van der Waals surface area contributed by atoms with E-state index in [-0.39, 0.29) is 36.0 Å². The highest BCUT2D eigenvalue weighted by Gasteiger charge is 2.46. The van der Waals surface area contributed by atoms with Gasteiger partial charge >= 0.3 is 0 Å². The van der Waals surface area contributed by atoms with Crippen LogP contribution in [0.15, 0.2) is 6.07 Å². The number of aromatic nitrogens is 2. The molecule has 0 unspecified atom stereocenters. The number of nitrogens with one attached hydrogen (secondary N) is 2. The maximum atomic E-state index is 13.2. The number of methoxy groups -OCH3 is 1. The molecule has 3 amide bonds. The van der Waals surface area contributed by atoms with Crippen molar-refractivity contribution in [1.82, 2.24) is 25.3 Å². The van der Waals surface area contributed by atoms with Crippen LogP contribution in [-0.2, 0) is 16.1 Å². The number of hydrogen-bond donors (Lipinski definition) is 2. The second-order valence-corrected chi connectivity index (χ2v) is 8.47. The molecule has 9 heteroatoms. The Morgan fingerprint density at radius 2 is 1.97 bits per heavy atom. The van der Waals surface area contributed by atoms with Crippen LogP contribution in [0.1, 0.15) is 72.8 Å². The van der Waals surface area contributed by atoms with Crippen molar-refractivity contribution in [2.45, 2.75) is 70.0 Å². The van der Waals surface area contributed by atoms with Gasteiger partial charge < -0.3 is 20.3 Å². The largest absolute Gasteiger partial charge is 0.385 e. The molecule has 166 valence electrons. The average Bonchev–Trinajstić information content (AvgIpc) is 2.98. The molecule has 1 aromatic rings. The van der Waals surface area contributed by atoms with E-state index in [1.165, 1.54) is 28.5 Å². The summed E-state index contributed by atoms with van der Waals surface area (Å²) in [7, 11) is 3.24. The summed E-state index contributed by atoms with van der Waals surface area (Å²) in [6.07, 6.45) is 7.27. The highest BCUT2D eigenvalue weighted by atomic mass is 16.5. The maximum absolute atomic E-state index is 13.2. The molecule has 1 atom stereocenters. The molecule has 1 aliphatic heterocycles. The molecule has 2 heterocycles. The molecule has 2 N–H and O–H groups in total. The average molecular weight is 420 g/mol. The lowest BCUT2D eigenvalue weighted by molar-refractivity contribution is -0.133. The van der Waals surface area contributed by atoms with E-state index in [0.717, 1.165) is 25.7 Å². The number of fused-ring (bicyclic) bond motifs is 1. The number of ether oxygens (including phenoxy) is 1. The van der Waals surface area contributed by atoms with Crippen LogP contribution < -0.4 is 10.6 Å². The summed E-state index contributed by atoms with van der Waals surface area (Å²) in [5.41, 5.74) is -0.564. The van der Waals surface area contributed by atoms with Gasteiger partial charge in [-0.15, -0.1) is 0 Å². The lowest BCUT2D eigenvalue weighted by atomic mass is 9.95. The number of hydrogen-bond acceptors (Lipinski definition) is 5. The Labute approximate surface area is 177 Å². The molecular weight excluding hydrogens is 386 g/mol. The van der Waals surface area contributed by atoms with Gasteiger partial charge in [0.25, 0.3) is 11.8 Å². The minimum atomic E-state index is -1.06. The third kappa shape index (κ3) is 4.66. The monoisotopic (exact) mass is 419 g/mol. The number of likely N-dealkylation sites (N-methyl/N-ethyl adjacent to an activating group) is 1. The third-order valence-electron chi connectivity index (χ3n) is 6.22. The van der Waals surface area contributed by atoms with Crippen LogP contribution in [0, 0.1) is 0 Å². The van der Waals surface area contributed by atoms with Crippen molar-refractivity contribution < 1.29 is 19.1 Å². The zero-order valence-corrected chi connectivity index (χ0v) is 18.2. The molecule has 0 aromatic carbocycles. The molecule has 2 aliphatic rings. The van der Waals surface area contributed by atoms with Crippen LogP contribution in [0.4, 0.5) is 0 Å². The summed E-state index contributed by atoms with van der Waals surface area (Å²) in [6.45, 7) is 2.98. The van der Waals surface area contributed by atoms with Gasteiger partial charge in [0, 0.05) is 39.4 Å². The molecule has 1 aromatic heterocycles. The van der Waals surface area contributed by atoms with Crippen molar-refractivity contribution in [3.63, 3.8) is 0 Å². The van der Waals surface area contributed by atoms with Gasteiger partial charge in [0.05, 0.1) is 6.54 Å². The Bertz CT molecular complexity index is 784. The molecule has 0 radical (unpaired) electrons. The second kappa shape index (κ2) is 9.59. The summed E-state index contributed by atoms with van der Waals surface area (Å²) in [6, 6.07) is 1.64. The first-order valence-corrected chi connectivity index (χ1v) is 10.8. The van der Waals surface area contributed by atoms with Gasteiger partial charge in [-0.25, -0.2) is 0 Å². The van der Waals surface area contributed by atoms with Gasteiger partial charge in [-0.3, -0.25) is 19.1 Å². The Kier molecular flexibility index (Phi) is 7.12. The van der Waals surface area contributed by atoms with Crippen molar-refractivity contribution in [2.75, 3.05) is 27.3 Å². The smallest absolute Gasteiger partial charge is 0.272 e. The first-order chi connectivity index (χ1) is 14.4. The molecule has 3 rings (SSSR count). The normalized spacial score (nSPS) is 22.4. The van der Waals surface area contributed by atoms with E-state index >= 15 is 0 Å². The maximum Gasteiger partial charge on any atom is 0.272 e. The van der Waals surface area contributed by atoms with E-state index in [1.807, 2.05) is 0 Å². The van der Waals surface area contributed by atoms with E-state index < -0.39 is 5.54 Å². The third-order valence-corrected chi connectivity index (χ3v) is 6.22. The Hall–Kier alpha value is -2.42. The summed E-state index contributed by atoms with van der Waals surface area (Å²) in [5, 5.41) is 10.2. The molecule has 1 saturated carbocycles. The Morgan fingerprint density at radius 3 is 2.63 bits per heavy atom. The van der Waals surface area contributed by atoms with Crippen LogP contribution in [0.2, 0.25) is 0 Å². The quantitative estimate of drug-likeness (QED) is 0.512. The van der Waals surface area contributed by atoms with Gasteiger partial charge in [-0.1, -0.05) is 25.7 Å². The van der Waals surface area contributed by atoms with Gasteiger partial charge in [-0.2, -0.15) is 5.10 Å². The number of carbonyl (C=O) groups excluding carboxylic acids is 3. The number of amides is 3. The SMILES string of the molecule is COCCCNC(=O)c1cc2n(n1)C[C@](C)(C(=O)NC1CCCCCC1)N(C)C2=O. The molecule has 9 nitrogen and oxygen atoms in total. The standard InChI is InChI=1S/C21H33N5O4/c1-21(20(29)23-15-9-6-4-5-7-10-15)14-26-17(19(28)25(21)2)13-16(24-26)18(27)22-11-8-12-30-3/h13,15H,4-12,14H2,1-3H3,(H,22,27)(H,23,29)/t21-/m1/s1. The summed E-state index contributed by atoms with van der Waals surface area (Å²) >= 11 is 0. The first kappa shape index (κ1) is 22.3. The van der Waals surface area contributed by atoms with Gasteiger partial charge in [-0.05, 0) is 26.2 Å². The van der Waals surface area contributed by atoms with E-state index in [2.05, 4.69) is 15.7 Å². The highest BCUT2D eigenvalue weighted by molar-refractivity contribution is 6.01. The van der Waals surface area contributed by atoms with Crippen LogP contribution in [0.5, 0.6) is 0 Å². The van der Waals surface area contributed by atoms with E-state index in [1.54, 1.807) is 21.1 Å². The van der Waals surface area contributed by atoms with Crippen LogP contribution in [0.25, 0.3) is 0 Å². The van der Waals surface area contributed by atoms with Crippen LogP contribution in [0.3, 0.4) is 0 Å². The zero-order chi connectivity index (χ0) is 21.7. The Balaban J connectivity index is 1.72. The zero-order valence-electron chi connectivity index (χ0n) is 18.2. The molecule has 1 aliphatic carbocycles. The van der Waals surface area contributed by atoms with Crippen molar-refractivity contribution in [1.29, 1.82) is 0 Å². The molecule has 0 bridgehead atoms. The van der Waals surface area contributed by atoms with Gasteiger partial charge in [0.15, 0.2) is 5.69 Å². The van der Waals surface area contributed by atoms with Crippen molar-refractivity contribution >= 4 is 17.7 Å². The van der Waals surface area contributed by atoms with E-state index in [9.17, 15) is 14.4 Å². The van der Waals surface area contributed by atoms with E-state index in [4.69, 9.17) is 4.74 Å².